The van der Waals surface area contributed by atoms with Crippen molar-refractivity contribution in [2.45, 2.75) is 64.3 Å². The molecule has 0 spiro atoms. The van der Waals surface area contributed by atoms with Crippen molar-refractivity contribution in [1.29, 1.82) is 0 Å². The number of amides is 1. The lowest BCUT2D eigenvalue weighted by atomic mass is 9.99. The van der Waals surface area contributed by atoms with E-state index in [2.05, 4.69) is 15.4 Å². The monoisotopic (exact) mass is 374 g/mol. The fourth-order valence-corrected chi connectivity index (χ4v) is 4.00. The van der Waals surface area contributed by atoms with Crippen LogP contribution < -0.4 is 0 Å². The van der Waals surface area contributed by atoms with Crippen molar-refractivity contribution in [2.24, 2.45) is 0 Å². The van der Waals surface area contributed by atoms with Gasteiger partial charge in [-0.2, -0.15) is 0 Å². The summed E-state index contributed by atoms with van der Waals surface area (Å²) in [7, 11) is 0. The molecule has 0 radical (unpaired) electrons. The van der Waals surface area contributed by atoms with Crippen LogP contribution >= 0.6 is 0 Å². The zero-order valence-electron chi connectivity index (χ0n) is 15.9. The van der Waals surface area contributed by atoms with Gasteiger partial charge < -0.3 is 18.6 Å². The zero-order valence-corrected chi connectivity index (χ0v) is 15.9. The van der Waals surface area contributed by atoms with Gasteiger partial charge in [-0.1, -0.05) is 12.1 Å². The number of carbonyl (C=O) groups excluding carboxylic acids is 1. The molecular weight excluding hydrogens is 348 g/mol. The molecular formula is C19H26N4O4. The summed E-state index contributed by atoms with van der Waals surface area (Å²) >= 11 is 0. The molecule has 0 aliphatic carbocycles. The minimum atomic E-state index is -0.189. The van der Waals surface area contributed by atoms with Gasteiger partial charge >= 0.3 is 0 Å². The van der Waals surface area contributed by atoms with Crippen LogP contribution in [0.15, 0.2) is 8.94 Å². The van der Waals surface area contributed by atoms with Crippen molar-refractivity contribution in [1.82, 2.24) is 20.3 Å². The highest BCUT2D eigenvalue weighted by atomic mass is 16.5. The van der Waals surface area contributed by atoms with Gasteiger partial charge in [0.1, 0.15) is 17.4 Å². The molecule has 4 heterocycles. The smallest absolute Gasteiger partial charge is 0.260 e. The van der Waals surface area contributed by atoms with Crippen LogP contribution in [-0.4, -0.2) is 45.9 Å². The molecule has 2 aliphatic heterocycles. The van der Waals surface area contributed by atoms with Gasteiger partial charge in [0.25, 0.3) is 5.91 Å². The Labute approximate surface area is 158 Å². The zero-order chi connectivity index (χ0) is 18.8. The molecule has 27 heavy (non-hydrogen) atoms. The van der Waals surface area contributed by atoms with E-state index in [4.69, 9.17) is 13.7 Å². The summed E-state index contributed by atoms with van der Waals surface area (Å²) < 4.78 is 16.7. The van der Waals surface area contributed by atoms with Crippen LogP contribution in [0.2, 0.25) is 0 Å². The van der Waals surface area contributed by atoms with Gasteiger partial charge in [0.15, 0.2) is 0 Å². The first-order valence-corrected chi connectivity index (χ1v) is 9.86. The lowest BCUT2D eigenvalue weighted by Gasteiger charge is -2.33. The fraction of sp³-hybridized carbons (Fsp3) is 0.684. The molecule has 2 fully saturated rings. The molecule has 8 nitrogen and oxygen atoms in total. The predicted octanol–water partition coefficient (Wildman–Crippen LogP) is 3.19. The quantitative estimate of drug-likeness (QED) is 0.811. The fourth-order valence-electron chi connectivity index (χ4n) is 4.00. The van der Waals surface area contributed by atoms with Gasteiger partial charge in [0, 0.05) is 25.7 Å². The molecule has 2 saturated heterocycles. The van der Waals surface area contributed by atoms with Gasteiger partial charge in [-0.05, 0) is 45.4 Å². The van der Waals surface area contributed by atoms with Crippen LogP contribution in [-0.2, 0) is 11.2 Å². The Hall–Kier alpha value is -2.22. The van der Waals surface area contributed by atoms with Crippen LogP contribution in [0.1, 0.15) is 84.6 Å². The molecule has 0 bridgehead atoms. The summed E-state index contributed by atoms with van der Waals surface area (Å²) in [4.78, 5) is 15.1. The molecule has 4 rings (SSSR count). The highest BCUT2D eigenvalue weighted by Crippen LogP contribution is 2.34. The van der Waals surface area contributed by atoms with Gasteiger partial charge in [0.2, 0.25) is 11.8 Å². The number of hydrogen-bond donors (Lipinski definition) is 0. The van der Waals surface area contributed by atoms with E-state index in [1.54, 1.807) is 6.92 Å². The number of piperidine rings is 1. The van der Waals surface area contributed by atoms with Crippen LogP contribution in [0, 0.1) is 6.92 Å². The summed E-state index contributed by atoms with van der Waals surface area (Å²) in [5.74, 6) is 1.97. The second-order valence-corrected chi connectivity index (χ2v) is 7.29. The molecule has 0 saturated carbocycles. The lowest BCUT2D eigenvalue weighted by Crippen LogP contribution is -2.39. The summed E-state index contributed by atoms with van der Waals surface area (Å²) in [6.07, 6.45) is 5.28. The third kappa shape index (κ3) is 3.50. The van der Waals surface area contributed by atoms with Gasteiger partial charge in [-0.15, -0.1) is 10.2 Å². The van der Waals surface area contributed by atoms with Crippen LogP contribution in [0.4, 0.5) is 0 Å². The Morgan fingerprint density at radius 3 is 2.70 bits per heavy atom. The topological polar surface area (TPSA) is 94.5 Å². The second kappa shape index (κ2) is 7.80. The number of carbonyl (C=O) groups is 1. The Morgan fingerprint density at radius 1 is 1.15 bits per heavy atom. The molecule has 1 amide bonds. The number of nitrogens with zero attached hydrogens (tertiary/aromatic N) is 4. The number of aromatic nitrogens is 3. The SMILES string of the molecule is CCc1noc(C)c1C(=O)N1CCCC[C@@H]1c1nnc(C2CCOCC2)o1. The van der Waals surface area contributed by atoms with Crippen molar-refractivity contribution < 1.29 is 18.5 Å². The molecule has 0 unspecified atom stereocenters. The second-order valence-electron chi connectivity index (χ2n) is 7.29. The first-order valence-electron chi connectivity index (χ1n) is 9.86. The van der Waals surface area contributed by atoms with E-state index in [-0.39, 0.29) is 17.9 Å². The Balaban J connectivity index is 1.58. The van der Waals surface area contributed by atoms with Crippen molar-refractivity contribution in [3.63, 3.8) is 0 Å². The third-order valence-corrected chi connectivity index (χ3v) is 5.56. The first-order chi connectivity index (χ1) is 13.2. The Kier molecular flexibility index (Phi) is 5.24. The van der Waals surface area contributed by atoms with E-state index in [0.717, 1.165) is 45.3 Å². The summed E-state index contributed by atoms with van der Waals surface area (Å²) in [5, 5.41) is 12.6. The maximum atomic E-state index is 13.3. The van der Waals surface area contributed by atoms with E-state index >= 15 is 0 Å². The number of ether oxygens (including phenoxy) is 1. The molecule has 1 atom stereocenters. The van der Waals surface area contributed by atoms with Crippen molar-refractivity contribution in [3.05, 3.63) is 28.8 Å². The van der Waals surface area contributed by atoms with Gasteiger partial charge in [-0.3, -0.25) is 4.79 Å². The molecule has 2 aromatic rings. The highest BCUT2D eigenvalue weighted by Gasteiger charge is 2.35. The minimum Gasteiger partial charge on any atom is -0.423 e. The van der Waals surface area contributed by atoms with Crippen LogP contribution in [0.5, 0.6) is 0 Å². The largest absolute Gasteiger partial charge is 0.423 e. The molecule has 2 aliphatic rings. The van der Waals surface area contributed by atoms with E-state index in [0.29, 0.717) is 41.8 Å². The first kappa shape index (κ1) is 18.2. The van der Waals surface area contributed by atoms with E-state index < -0.39 is 0 Å². The average molecular weight is 374 g/mol. The van der Waals surface area contributed by atoms with Crippen molar-refractivity contribution >= 4 is 5.91 Å². The predicted molar refractivity (Wildman–Crippen MR) is 95.3 cm³/mol. The number of likely N-dealkylation sites (tertiary alicyclic amines) is 1. The van der Waals surface area contributed by atoms with Crippen LogP contribution in [0.25, 0.3) is 0 Å². The van der Waals surface area contributed by atoms with Crippen LogP contribution in [0.3, 0.4) is 0 Å². The third-order valence-electron chi connectivity index (χ3n) is 5.56. The summed E-state index contributed by atoms with van der Waals surface area (Å²) in [6, 6.07) is -0.189. The maximum absolute atomic E-state index is 13.3. The van der Waals surface area contributed by atoms with E-state index in [9.17, 15) is 4.79 Å². The van der Waals surface area contributed by atoms with E-state index in [1.807, 2.05) is 11.8 Å². The Morgan fingerprint density at radius 2 is 1.93 bits per heavy atom. The normalized spacial score (nSPS) is 21.6. The standard InChI is InChI=1S/C19H26N4O4/c1-3-14-16(12(2)27-22-14)19(24)23-9-5-4-6-15(23)18-21-20-17(26-18)13-7-10-25-11-8-13/h13,15H,3-11H2,1-2H3/t15-/m1/s1. The lowest BCUT2D eigenvalue weighted by molar-refractivity contribution is 0.0558. The van der Waals surface area contributed by atoms with Crippen molar-refractivity contribution in [3.8, 4) is 0 Å². The van der Waals surface area contributed by atoms with E-state index in [1.165, 1.54) is 0 Å². The summed E-state index contributed by atoms with van der Waals surface area (Å²) in [5.41, 5.74) is 1.28. The number of rotatable bonds is 4. The average Bonchev–Trinajstić information content (AvgIpc) is 3.35. The van der Waals surface area contributed by atoms with Gasteiger partial charge in [-0.25, -0.2) is 0 Å². The number of hydrogen-bond acceptors (Lipinski definition) is 7. The summed E-state index contributed by atoms with van der Waals surface area (Å²) in [6.45, 7) is 5.88. The minimum absolute atomic E-state index is 0.0545. The van der Waals surface area contributed by atoms with Crippen molar-refractivity contribution in [2.75, 3.05) is 19.8 Å². The molecule has 0 N–H and O–H groups in total. The molecule has 8 heteroatoms. The maximum Gasteiger partial charge on any atom is 0.260 e. The highest BCUT2D eigenvalue weighted by molar-refractivity contribution is 5.96. The number of aryl methyl sites for hydroxylation is 2. The Bertz CT molecular complexity index is 793. The van der Waals surface area contributed by atoms with Gasteiger partial charge in [0.05, 0.1) is 5.69 Å². The molecule has 2 aromatic heterocycles. The molecule has 146 valence electrons. The molecule has 0 aromatic carbocycles.